The van der Waals surface area contributed by atoms with Crippen LogP contribution in [0.15, 0.2) is 36.5 Å². The fraction of sp³-hybridized carbons (Fsp3) is 0.214. The van der Waals surface area contributed by atoms with Crippen LogP contribution < -0.4 is 10.5 Å². The molecule has 0 unspecified atom stereocenters. The van der Waals surface area contributed by atoms with Crippen molar-refractivity contribution < 1.29 is 4.74 Å². The lowest BCUT2D eigenvalue weighted by atomic mass is 10.0. The van der Waals surface area contributed by atoms with E-state index in [0.717, 1.165) is 0 Å². The Bertz CT molecular complexity index is 596. The van der Waals surface area contributed by atoms with E-state index in [9.17, 15) is 0 Å². The van der Waals surface area contributed by atoms with E-state index in [0.29, 0.717) is 17.4 Å². The Balaban J connectivity index is 2.23. The lowest BCUT2D eigenvalue weighted by Crippen LogP contribution is -2.13. The first-order valence-electron chi connectivity index (χ1n) is 6.01. The van der Waals surface area contributed by atoms with E-state index in [1.807, 2.05) is 24.3 Å². The largest absolute Gasteiger partial charge is 0.424 e. The SMILES string of the molecule is CC(C)c1cccc(Oc2nccc(C(=N)N)n2)c1. The summed E-state index contributed by atoms with van der Waals surface area (Å²) in [5.74, 6) is 0.989. The van der Waals surface area contributed by atoms with Crippen molar-refractivity contribution in [3.8, 4) is 11.8 Å². The maximum atomic E-state index is 7.33. The van der Waals surface area contributed by atoms with Crippen LogP contribution >= 0.6 is 0 Å². The number of nitrogens with two attached hydrogens (primary N) is 1. The molecule has 0 saturated heterocycles. The number of aromatic nitrogens is 2. The Morgan fingerprint density at radius 3 is 2.79 bits per heavy atom. The normalized spacial score (nSPS) is 10.5. The van der Waals surface area contributed by atoms with Gasteiger partial charge in [-0.3, -0.25) is 5.41 Å². The molecule has 5 nitrogen and oxygen atoms in total. The van der Waals surface area contributed by atoms with E-state index in [-0.39, 0.29) is 11.8 Å². The zero-order valence-corrected chi connectivity index (χ0v) is 10.9. The third-order valence-corrected chi connectivity index (χ3v) is 2.64. The minimum Gasteiger partial charge on any atom is -0.424 e. The van der Waals surface area contributed by atoms with Crippen LogP contribution in [0.1, 0.15) is 31.0 Å². The van der Waals surface area contributed by atoms with Gasteiger partial charge in [0.15, 0.2) is 0 Å². The summed E-state index contributed by atoms with van der Waals surface area (Å²) in [6.45, 7) is 4.23. The predicted octanol–water partition coefficient (Wildman–Crippen LogP) is 2.68. The molecule has 98 valence electrons. The molecule has 0 amide bonds. The summed E-state index contributed by atoms with van der Waals surface area (Å²) in [5.41, 5.74) is 6.91. The summed E-state index contributed by atoms with van der Waals surface area (Å²) in [5, 5.41) is 7.33. The van der Waals surface area contributed by atoms with E-state index >= 15 is 0 Å². The molecule has 3 N–H and O–H groups in total. The smallest absolute Gasteiger partial charge is 0.322 e. The van der Waals surface area contributed by atoms with E-state index in [4.69, 9.17) is 15.9 Å². The van der Waals surface area contributed by atoms with Crippen LogP contribution in [0.5, 0.6) is 11.8 Å². The van der Waals surface area contributed by atoms with Gasteiger partial charge in [0.1, 0.15) is 17.3 Å². The summed E-state index contributed by atoms with van der Waals surface area (Å²) >= 11 is 0. The van der Waals surface area contributed by atoms with Crippen molar-refractivity contribution in [3.05, 3.63) is 47.8 Å². The van der Waals surface area contributed by atoms with Crippen molar-refractivity contribution in [2.45, 2.75) is 19.8 Å². The van der Waals surface area contributed by atoms with Gasteiger partial charge in [-0.1, -0.05) is 26.0 Å². The van der Waals surface area contributed by atoms with E-state index in [2.05, 4.69) is 23.8 Å². The van der Waals surface area contributed by atoms with Gasteiger partial charge in [0.05, 0.1) is 0 Å². The molecule has 5 heteroatoms. The maximum absolute atomic E-state index is 7.33. The number of nitrogens with zero attached hydrogens (tertiary/aromatic N) is 2. The third kappa shape index (κ3) is 3.28. The molecule has 0 spiro atoms. The highest BCUT2D eigenvalue weighted by Gasteiger charge is 2.06. The van der Waals surface area contributed by atoms with Crippen molar-refractivity contribution in [2.24, 2.45) is 5.73 Å². The van der Waals surface area contributed by atoms with Gasteiger partial charge in [-0.2, -0.15) is 4.98 Å². The number of hydrogen-bond donors (Lipinski definition) is 2. The Kier molecular flexibility index (Phi) is 3.75. The van der Waals surface area contributed by atoms with Crippen LogP contribution in [0.2, 0.25) is 0 Å². The standard InChI is InChI=1S/C14H16N4O/c1-9(2)10-4-3-5-11(8-10)19-14-17-7-6-12(18-14)13(15)16/h3-9H,1-2H3,(H3,15,16). The zero-order valence-electron chi connectivity index (χ0n) is 10.9. The maximum Gasteiger partial charge on any atom is 0.322 e. The molecule has 0 aliphatic carbocycles. The minimum atomic E-state index is -0.108. The lowest BCUT2D eigenvalue weighted by molar-refractivity contribution is 0.440. The summed E-state index contributed by atoms with van der Waals surface area (Å²) < 4.78 is 5.59. The third-order valence-electron chi connectivity index (χ3n) is 2.64. The van der Waals surface area contributed by atoms with Crippen LogP contribution in [0.3, 0.4) is 0 Å². The minimum absolute atomic E-state index is 0.108. The van der Waals surface area contributed by atoms with Crippen LogP contribution in [-0.4, -0.2) is 15.8 Å². The first-order chi connectivity index (χ1) is 9.06. The van der Waals surface area contributed by atoms with E-state index in [1.54, 1.807) is 6.07 Å². The van der Waals surface area contributed by atoms with Crippen molar-refractivity contribution >= 4 is 5.84 Å². The first kappa shape index (κ1) is 13.0. The monoisotopic (exact) mass is 256 g/mol. The molecule has 0 fully saturated rings. The second kappa shape index (κ2) is 5.48. The Hall–Kier alpha value is -2.43. The number of hydrogen-bond acceptors (Lipinski definition) is 4. The molecule has 2 rings (SSSR count). The van der Waals surface area contributed by atoms with Crippen molar-refractivity contribution in [1.29, 1.82) is 5.41 Å². The van der Waals surface area contributed by atoms with Crippen LogP contribution in [0.4, 0.5) is 0 Å². The van der Waals surface area contributed by atoms with Gasteiger partial charge in [0, 0.05) is 6.20 Å². The van der Waals surface area contributed by atoms with Gasteiger partial charge in [0.2, 0.25) is 0 Å². The Labute approximate surface area is 112 Å². The molecule has 0 atom stereocenters. The average Bonchev–Trinajstić information content (AvgIpc) is 2.39. The number of amidine groups is 1. The van der Waals surface area contributed by atoms with Crippen molar-refractivity contribution in [2.75, 3.05) is 0 Å². The second-order valence-corrected chi connectivity index (χ2v) is 4.47. The molecule has 1 heterocycles. The summed E-state index contributed by atoms with van der Waals surface area (Å²) in [7, 11) is 0. The van der Waals surface area contributed by atoms with Crippen LogP contribution in [0.25, 0.3) is 0 Å². The van der Waals surface area contributed by atoms with Crippen LogP contribution in [0, 0.1) is 5.41 Å². The fourth-order valence-electron chi connectivity index (χ4n) is 1.58. The molecular weight excluding hydrogens is 240 g/mol. The molecule has 0 saturated carbocycles. The Morgan fingerprint density at radius 1 is 1.32 bits per heavy atom. The highest BCUT2D eigenvalue weighted by atomic mass is 16.5. The molecule has 2 aromatic rings. The van der Waals surface area contributed by atoms with Gasteiger partial charge in [-0.15, -0.1) is 0 Å². The number of nitrogen functional groups attached to an aromatic ring is 1. The Morgan fingerprint density at radius 2 is 2.11 bits per heavy atom. The molecule has 1 aromatic carbocycles. The molecule has 0 radical (unpaired) electrons. The van der Waals surface area contributed by atoms with Crippen molar-refractivity contribution in [1.82, 2.24) is 9.97 Å². The summed E-state index contributed by atoms with van der Waals surface area (Å²) in [6.07, 6.45) is 1.52. The number of nitrogens with one attached hydrogen (secondary N) is 1. The second-order valence-electron chi connectivity index (χ2n) is 4.47. The molecule has 19 heavy (non-hydrogen) atoms. The van der Waals surface area contributed by atoms with Crippen molar-refractivity contribution in [3.63, 3.8) is 0 Å². The number of benzene rings is 1. The van der Waals surface area contributed by atoms with Gasteiger partial charge < -0.3 is 10.5 Å². The summed E-state index contributed by atoms with van der Waals surface area (Å²) in [6, 6.07) is 9.53. The number of ether oxygens (including phenoxy) is 1. The number of rotatable bonds is 4. The van der Waals surface area contributed by atoms with Gasteiger partial charge in [-0.05, 0) is 29.7 Å². The van der Waals surface area contributed by atoms with Gasteiger partial charge >= 0.3 is 6.01 Å². The van der Waals surface area contributed by atoms with Gasteiger partial charge in [0.25, 0.3) is 0 Å². The summed E-state index contributed by atoms with van der Waals surface area (Å²) in [4.78, 5) is 8.07. The molecule has 0 bridgehead atoms. The molecular formula is C14H16N4O. The lowest BCUT2D eigenvalue weighted by Gasteiger charge is -2.08. The van der Waals surface area contributed by atoms with Crippen LogP contribution in [-0.2, 0) is 0 Å². The first-order valence-corrected chi connectivity index (χ1v) is 6.01. The molecule has 1 aromatic heterocycles. The van der Waals surface area contributed by atoms with E-state index in [1.165, 1.54) is 11.8 Å². The fourth-order valence-corrected chi connectivity index (χ4v) is 1.58. The van der Waals surface area contributed by atoms with Gasteiger partial charge in [-0.25, -0.2) is 4.98 Å². The zero-order chi connectivity index (χ0) is 13.8. The topological polar surface area (TPSA) is 84.9 Å². The predicted molar refractivity (Wildman–Crippen MR) is 73.7 cm³/mol. The quantitative estimate of drug-likeness (QED) is 0.650. The highest BCUT2D eigenvalue weighted by Crippen LogP contribution is 2.23. The average molecular weight is 256 g/mol. The molecule has 0 aliphatic heterocycles. The van der Waals surface area contributed by atoms with E-state index < -0.39 is 0 Å². The highest BCUT2D eigenvalue weighted by molar-refractivity contribution is 5.92. The molecule has 0 aliphatic rings.